The Hall–Kier alpha value is -0.600. The van der Waals surface area contributed by atoms with Crippen molar-refractivity contribution in [3.05, 3.63) is 35.6 Å². The van der Waals surface area contributed by atoms with Gasteiger partial charge in [-0.05, 0) is 29.5 Å². The summed E-state index contributed by atoms with van der Waals surface area (Å²) >= 11 is 0. The van der Waals surface area contributed by atoms with Crippen LogP contribution in [-0.4, -0.2) is 6.04 Å². The molecule has 0 amide bonds. The fourth-order valence-electron chi connectivity index (χ4n) is 1.95. The summed E-state index contributed by atoms with van der Waals surface area (Å²) in [6.07, 6.45) is 1.08. The van der Waals surface area contributed by atoms with Crippen molar-refractivity contribution in [3.8, 4) is 0 Å². The summed E-state index contributed by atoms with van der Waals surface area (Å²) in [5, 5.41) is 3.49. The van der Waals surface area contributed by atoms with E-state index in [0.717, 1.165) is 18.5 Å². The lowest BCUT2D eigenvalue weighted by atomic mass is 9.85. The summed E-state index contributed by atoms with van der Waals surface area (Å²) in [5.74, 6) is -0.164. The minimum atomic E-state index is -0.164. The largest absolute Gasteiger partial charge is 0.309 e. The van der Waals surface area contributed by atoms with E-state index in [-0.39, 0.29) is 23.6 Å². The van der Waals surface area contributed by atoms with Crippen molar-refractivity contribution in [2.45, 2.75) is 46.7 Å². The molecule has 0 aliphatic heterocycles. The van der Waals surface area contributed by atoms with Crippen molar-refractivity contribution >= 4 is 12.4 Å². The first-order valence-electron chi connectivity index (χ1n) is 5.91. The van der Waals surface area contributed by atoms with Crippen molar-refractivity contribution in [2.75, 3.05) is 0 Å². The van der Waals surface area contributed by atoms with E-state index in [0.29, 0.717) is 6.04 Å². The standard InChI is InChI=1S/C14H22FN.ClH/c1-5-13(14(2,3)4)16-10-11-7-6-8-12(15)9-11;/h6-9,13,16H,5,10H2,1-4H3;1H. The molecule has 98 valence electrons. The second-order valence-corrected chi connectivity index (χ2v) is 5.34. The predicted molar refractivity (Wildman–Crippen MR) is 74.0 cm³/mol. The molecule has 0 aliphatic carbocycles. The highest BCUT2D eigenvalue weighted by Gasteiger charge is 2.21. The molecular formula is C14H23ClFN. The number of hydrogen-bond acceptors (Lipinski definition) is 1. The maximum Gasteiger partial charge on any atom is 0.123 e. The number of halogens is 2. The molecule has 0 aliphatic rings. The van der Waals surface area contributed by atoms with Crippen LogP contribution in [0.2, 0.25) is 0 Å². The van der Waals surface area contributed by atoms with Gasteiger partial charge in [-0.25, -0.2) is 4.39 Å². The van der Waals surface area contributed by atoms with Crippen LogP contribution >= 0.6 is 12.4 Å². The van der Waals surface area contributed by atoms with Crippen LogP contribution in [0.3, 0.4) is 0 Å². The third kappa shape index (κ3) is 5.51. The van der Waals surface area contributed by atoms with Gasteiger partial charge in [-0.1, -0.05) is 39.8 Å². The topological polar surface area (TPSA) is 12.0 Å². The minimum absolute atomic E-state index is 0. The number of benzene rings is 1. The molecule has 1 rings (SSSR count). The molecule has 3 heteroatoms. The van der Waals surface area contributed by atoms with Crippen LogP contribution in [0, 0.1) is 11.2 Å². The van der Waals surface area contributed by atoms with E-state index in [2.05, 4.69) is 33.0 Å². The van der Waals surface area contributed by atoms with Gasteiger partial charge in [0.05, 0.1) is 0 Å². The van der Waals surface area contributed by atoms with E-state index in [1.165, 1.54) is 6.07 Å². The Morgan fingerprint density at radius 2 is 1.94 bits per heavy atom. The highest BCUT2D eigenvalue weighted by atomic mass is 35.5. The van der Waals surface area contributed by atoms with E-state index in [1.54, 1.807) is 12.1 Å². The number of nitrogens with one attached hydrogen (secondary N) is 1. The lowest BCUT2D eigenvalue weighted by molar-refractivity contribution is 0.259. The number of hydrogen-bond donors (Lipinski definition) is 1. The molecule has 0 spiro atoms. The zero-order chi connectivity index (χ0) is 12.2. The second-order valence-electron chi connectivity index (χ2n) is 5.34. The van der Waals surface area contributed by atoms with E-state index in [9.17, 15) is 4.39 Å². The zero-order valence-electron chi connectivity index (χ0n) is 11.1. The molecule has 0 radical (unpaired) electrons. The zero-order valence-corrected chi connectivity index (χ0v) is 11.9. The quantitative estimate of drug-likeness (QED) is 0.856. The van der Waals surface area contributed by atoms with Crippen LogP contribution in [0.4, 0.5) is 4.39 Å². The fraction of sp³-hybridized carbons (Fsp3) is 0.571. The van der Waals surface area contributed by atoms with E-state index >= 15 is 0 Å². The Balaban J connectivity index is 0.00000256. The summed E-state index contributed by atoms with van der Waals surface area (Å²) in [5.41, 5.74) is 1.24. The summed E-state index contributed by atoms with van der Waals surface area (Å²) in [7, 11) is 0. The molecule has 1 unspecified atom stereocenters. The Morgan fingerprint density at radius 3 is 2.41 bits per heavy atom. The SMILES string of the molecule is CCC(NCc1cccc(F)c1)C(C)(C)C.Cl. The molecule has 0 bridgehead atoms. The highest BCUT2D eigenvalue weighted by molar-refractivity contribution is 5.85. The van der Waals surface area contributed by atoms with E-state index in [1.807, 2.05) is 6.07 Å². The Labute approximate surface area is 110 Å². The van der Waals surface area contributed by atoms with Gasteiger partial charge in [-0.2, -0.15) is 0 Å². The first-order valence-corrected chi connectivity index (χ1v) is 5.91. The normalized spacial score (nSPS) is 13.0. The maximum atomic E-state index is 13.0. The molecule has 1 atom stereocenters. The summed E-state index contributed by atoms with van der Waals surface area (Å²) in [6.45, 7) is 9.57. The molecule has 0 fully saturated rings. The van der Waals surface area contributed by atoms with Crippen molar-refractivity contribution in [1.29, 1.82) is 0 Å². The monoisotopic (exact) mass is 259 g/mol. The van der Waals surface area contributed by atoms with Crippen molar-refractivity contribution in [3.63, 3.8) is 0 Å². The molecule has 0 saturated heterocycles. The van der Waals surface area contributed by atoms with Gasteiger partial charge in [0.15, 0.2) is 0 Å². The second kappa shape index (κ2) is 6.97. The first-order chi connectivity index (χ1) is 7.43. The first kappa shape index (κ1) is 16.4. The van der Waals surface area contributed by atoms with Crippen molar-refractivity contribution < 1.29 is 4.39 Å². The summed E-state index contributed by atoms with van der Waals surface area (Å²) in [6, 6.07) is 7.22. The molecule has 0 saturated carbocycles. The van der Waals surface area contributed by atoms with Gasteiger partial charge in [0.25, 0.3) is 0 Å². The van der Waals surface area contributed by atoms with Crippen LogP contribution in [0.1, 0.15) is 39.7 Å². The lowest BCUT2D eigenvalue weighted by Gasteiger charge is -2.30. The lowest BCUT2D eigenvalue weighted by Crippen LogP contribution is -2.39. The summed E-state index contributed by atoms with van der Waals surface area (Å²) in [4.78, 5) is 0. The van der Waals surface area contributed by atoms with Crippen LogP contribution < -0.4 is 5.32 Å². The van der Waals surface area contributed by atoms with Gasteiger partial charge in [0.1, 0.15) is 5.82 Å². The van der Waals surface area contributed by atoms with Gasteiger partial charge in [0, 0.05) is 12.6 Å². The molecule has 1 N–H and O–H groups in total. The van der Waals surface area contributed by atoms with Crippen LogP contribution in [0.25, 0.3) is 0 Å². The maximum absolute atomic E-state index is 13.0. The molecular weight excluding hydrogens is 237 g/mol. The predicted octanol–water partition coefficient (Wildman–Crippen LogP) is 4.16. The van der Waals surface area contributed by atoms with E-state index in [4.69, 9.17) is 0 Å². The van der Waals surface area contributed by atoms with Crippen LogP contribution in [0.15, 0.2) is 24.3 Å². The number of rotatable bonds is 4. The minimum Gasteiger partial charge on any atom is -0.309 e. The molecule has 0 aromatic heterocycles. The van der Waals surface area contributed by atoms with Gasteiger partial charge in [0.2, 0.25) is 0 Å². The average molecular weight is 260 g/mol. The molecule has 1 aromatic carbocycles. The van der Waals surface area contributed by atoms with Crippen molar-refractivity contribution in [1.82, 2.24) is 5.32 Å². The molecule has 0 heterocycles. The van der Waals surface area contributed by atoms with Crippen LogP contribution in [-0.2, 0) is 6.54 Å². The molecule has 17 heavy (non-hydrogen) atoms. The molecule has 1 aromatic rings. The van der Waals surface area contributed by atoms with Gasteiger partial charge in [-0.3, -0.25) is 0 Å². The average Bonchev–Trinajstić information content (AvgIpc) is 2.16. The molecule has 1 nitrogen and oxygen atoms in total. The fourth-order valence-corrected chi connectivity index (χ4v) is 1.95. The third-order valence-corrected chi connectivity index (χ3v) is 2.90. The Morgan fingerprint density at radius 1 is 1.29 bits per heavy atom. The van der Waals surface area contributed by atoms with Crippen molar-refractivity contribution in [2.24, 2.45) is 5.41 Å². The summed E-state index contributed by atoms with van der Waals surface area (Å²) < 4.78 is 13.0. The van der Waals surface area contributed by atoms with Crippen LogP contribution in [0.5, 0.6) is 0 Å². The smallest absolute Gasteiger partial charge is 0.123 e. The highest BCUT2D eigenvalue weighted by Crippen LogP contribution is 2.21. The third-order valence-electron chi connectivity index (χ3n) is 2.90. The van der Waals surface area contributed by atoms with Gasteiger partial charge in [-0.15, -0.1) is 12.4 Å². The van der Waals surface area contributed by atoms with Gasteiger partial charge < -0.3 is 5.32 Å². The Kier molecular flexibility index (Phi) is 6.73. The Bertz CT molecular complexity index is 333. The van der Waals surface area contributed by atoms with E-state index < -0.39 is 0 Å². The van der Waals surface area contributed by atoms with Gasteiger partial charge >= 0.3 is 0 Å².